The van der Waals surface area contributed by atoms with E-state index in [1.165, 1.54) is 6.21 Å². The average Bonchev–Trinajstić information content (AvgIpc) is 2.49. The number of benzene rings is 2. The number of anilines is 2. The van der Waals surface area contributed by atoms with Gasteiger partial charge in [0.2, 0.25) is 0 Å². The van der Waals surface area contributed by atoms with Gasteiger partial charge in [0.15, 0.2) is 0 Å². The fourth-order valence-electron chi connectivity index (χ4n) is 1.82. The van der Waals surface area contributed by atoms with Crippen molar-refractivity contribution >= 4 is 35.1 Å². The zero-order valence-electron chi connectivity index (χ0n) is 12.4. The Bertz CT molecular complexity index is 713. The molecule has 0 radical (unpaired) electrons. The summed E-state index contributed by atoms with van der Waals surface area (Å²) in [7, 11) is 3.87. The number of nitrogens with two attached hydrogens (primary N) is 1. The molecular weight excluding hydrogens is 300 g/mol. The first-order valence-electron chi connectivity index (χ1n) is 6.64. The Morgan fingerprint density at radius 1 is 1.27 bits per heavy atom. The normalized spacial score (nSPS) is 10.7. The molecule has 0 aliphatic rings. The summed E-state index contributed by atoms with van der Waals surface area (Å²) >= 11 is 6.18. The van der Waals surface area contributed by atoms with E-state index in [-0.39, 0.29) is 5.91 Å². The van der Waals surface area contributed by atoms with Crippen LogP contribution in [0.4, 0.5) is 11.4 Å². The van der Waals surface area contributed by atoms with Crippen LogP contribution in [0.2, 0.25) is 5.02 Å². The van der Waals surface area contributed by atoms with Crippen molar-refractivity contribution in [2.24, 2.45) is 5.10 Å². The fourth-order valence-corrected chi connectivity index (χ4v) is 2.05. The van der Waals surface area contributed by atoms with E-state index < -0.39 is 0 Å². The van der Waals surface area contributed by atoms with Crippen LogP contribution < -0.4 is 16.1 Å². The number of carbonyl (C=O) groups is 1. The summed E-state index contributed by atoms with van der Waals surface area (Å²) in [5.41, 5.74) is 10.7. The van der Waals surface area contributed by atoms with Gasteiger partial charge in [-0.05, 0) is 30.3 Å². The lowest BCUT2D eigenvalue weighted by molar-refractivity contribution is 0.0956. The highest BCUT2D eigenvalue weighted by atomic mass is 35.5. The third-order valence-electron chi connectivity index (χ3n) is 3.08. The summed E-state index contributed by atoms with van der Waals surface area (Å²) in [6.07, 6.45) is 1.50. The van der Waals surface area contributed by atoms with Gasteiger partial charge in [0.05, 0.1) is 16.8 Å². The number of nitrogens with zero attached hydrogens (tertiary/aromatic N) is 2. The molecule has 0 saturated heterocycles. The van der Waals surface area contributed by atoms with E-state index in [0.29, 0.717) is 21.8 Å². The Balaban J connectivity index is 2.07. The van der Waals surface area contributed by atoms with Crippen molar-refractivity contribution < 1.29 is 4.79 Å². The number of amides is 1. The summed E-state index contributed by atoms with van der Waals surface area (Å²) in [6, 6.07) is 12.4. The molecule has 6 heteroatoms. The zero-order chi connectivity index (χ0) is 16.1. The topological polar surface area (TPSA) is 70.7 Å². The summed E-state index contributed by atoms with van der Waals surface area (Å²) in [4.78, 5) is 13.9. The number of hydrogen-bond donors (Lipinski definition) is 2. The molecule has 0 heterocycles. The lowest BCUT2D eigenvalue weighted by Gasteiger charge is -2.13. The minimum absolute atomic E-state index is 0.365. The molecule has 0 saturated carbocycles. The van der Waals surface area contributed by atoms with Gasteiger partial charge < -0.3 is 10.6 Å². The molecule has 22 heavy (non-hydrogen) atoms. The highest BCUT2D eigenvalue weighted by Crippen LogP contribution is 2.21. The number of para-hydroxylation sites is 1. The molecule has 0 aliphatic carbocycles. The van der Waals surface area contributed by atoms with Gasteiger partial charge in [-0.2, -0.15) is 5.10 Å². The number of carbonyl (C=O) groups excluding carboxylic acids is 1. The Kier molecular flexibility index (Phi) is 5.01. The van der Waals surface area contributed by atoms with Crippen LogP contribution in [0.25, 0.3) is 0 Å². The summed E-state index contributed by atoms with van der Waals surface area (Å²) in [5.74, 6) is -0.365. The highest BCUT2D eigenvalue weighted by Gasteiger charge is 2.07. The van der Waals surface area contributed by atoms with E-state index in [9.17, 15) is 4.79 Å². The standard InChI is InChI=1S/C16H17ClN4O/c1-21(2)12-8-7-11(14(17)9-12)10-19-20-16(22)13-5-3-4-6-15(13)18/h3-10H,18H2,1-2H3,(H,20,22). The van der Waals surface area contributed by atoms with E-state index in [4.69, 9.17) is 17.3 Å². The van der Waals surface area contributed by atoms with Crippen molar-refractivity contribution in [2.75, 3.05) is 24.7 Å². The second-order valence-corrected chi connectivity index (χ2v) is 5.29. The van der Waals surface area contributed by atoms with Gasteiger partial charge in [-0.1, -0.05) is 23.7 Å². The molecule has 0 aliphatic heterocycles. The lowest BCUT2D eigenvalue weighted by atomic mass is 10.2. The molecule has 114 valence electrons. The van der Waals surface area contributed by atoms with Crippen molar-refractivity contribution in [3.8, 4) is 0 Å². The molecule has 0 aromatic heterocycles. The monoisotopic (exact) mass is 316 g/mol. The van der Waals surface area contributed by atoms with E-state index in [0.717, 1.165) is 5.69 Å². The molecule has 5 nitrogen and oxygen atoms in total. The molecule has 2 aromatic rings. The first kappa shape index (κ1) is 15.9. The number of nitrogen functional groups attached to an aromatic ring is 1. The van der Waals surface area contributed by atoms with Crippen LogP contribution in [0, 0.1) is 0 Å². The van der Waals surface area contributed by atoms with E-state index in [2.05, 4.69) is 10.5 Å². The minimum Gasteiger partial charge on any atom is -0.398 e. The van der Waals surface area contributed by atoms with Crippen molar-refractivity contribution in [1.29, 1.82) is 0 Å². The Labute approximate surface area is 134 Å². The van der Waals surface area contributed by atoms with E-state index >= 15 is 0 Å². The van der Waals surface area contributed by atoms with Crippen LogP contribution in [0.15, 0.2) is 47.6 Å². The smallest absolute Gasteiger partial charge is 0.273 e. The van der Waals surface area contributed by atoms with E-state index in [1.807, 2.05) is 37.2 Å². The van der Waals surface area contributed by atoms with Gasteiger partial charge in [0, 0.05) is 31.0 Å². The molecule has 2 rings (SSSR count). The van der Waals surface area contributed by atoms with Crippen LogP contribution in [0.1, 0.15) is 15.9 Å². The van der Waals surface area contributed by atoms with Gasteiger partial charge >= 0.3 is 0 Å². The zero-order valence-corrected chi connectivity index (χ0v) is 13.1. The maximum absolute atomic E-state index is 11.9. The summed E-state index contributed by atoms with van der Waals surface area (Å²) < 4.78 is 0. The van der Waals surface area contributed by atoms with E-state index in [1.54, 1.807) is 24.3 Å². The molecule has 3 N–H and O–H groups in total. The maximum Gasteiger partial charge on any atom is 0.273 e. The molecule has 0 atom stereocenters. The number of hydrogen-bond acceptors (Lipinski definition) is 4. The number of halogens is 1. The SMILES string of the molecule is CN(C)c1ccc(C=NNC(=O)c2ccccc2N)c(Cl)c1. The van der Waals surface area contributed by atoms with Gasteiger partial charge in [0.25, 0.3) is 5.91 Å². The molecule has 2 aromatic carbocycles. The quantitative estimate of drug-likeness (QED) is 0.517. The predicted octanol–water partition coefficient (Wildman–Crippen LogP) is 2.75. The number of rotatable bonds is 4. The van der Waals surface area contributed by atoms with Gasteiger partial charge in [-0.25, -0.2) is 5.43 Å². The molecule has 0 spiro atoms. The molecule has 1 amide bonds. The second-order valence-electron chi connectivity index (χ2n) is 4.89. The molecular formula is C16H17ClN4O. The van der Waals surface area contributed by atoms with Gasteiger partial charge in [-0.15, -0.1) is 0 Å². The van der Waals surface area contributed by atoms with Crippen LogP contribution in [-0.2, 0) is 0 Å². The maximum atomic E-state index is 11.9. The van der Waals surface area contributed by atoms with Crippen molar-refractivity contribution in [1.82, 2.24) is 5.43 Å². The Morgan fingerprint density at radius 3 is 2.64 bits per heavy atom. The summed E-state index contributed by atoms with van der Waals surface area (Å²) in [5, 5.41) is 4.47. The third-order valence-corrected chi connectivity index (χ3v) is 3.40. The van der Waals surface area contributed by atoms with Crippen LogP contribution in [-0.4, -0.2) is 26.2 Å². The van der Waals surface area contributed by atoms with Crippen molar-refractivity contribution in [3.05, 3.63) is 58.6 Å². The second kappa shape index (κ2) is 6.95. The van der Waals surface area contributed by atoms with Crippen LogP contribution >= 0.6 is 11.6 Å². The Morgan fingerprint density at radius 2 is 2.00 bits per heavy atom. The van der Waals surface area contributed by atoms with Gasteiger partial charge in [0.1, 0.15) is 0 Å². The average molecular weight is 317 g/mol. The first-order chi connectivity index (χ1) is 10.5. The van der Waals surface area contributed by atoms with Crippen LogP contribution in [0.5, 0.6) is 0 Å². The third kappa shape index (κ3) is 3.77. The van der Waals surface area contributed by atoms with Crippen molar-refractivity contribution in [2.45, 2.75) is 0 Å². The minimum atomic E-state index is -0.365. The summed E-state index contributed by atoms with van der Waals surface area (Å²) in [6.45, 7) is 0. The number of nitrogens with one attached hydrogen (secondary N) is 1. The lowest BCUT2D eigenvalue weighted by Crippen LogP contribution is -2.19. The van der Waals surface area contributed by atoms with Gasteiger partial charge in [-0.3, -0.25) is 4.79 Å². The van der Waals surface area contributed by atoms with Crippen molar-refractivity contribution in [3.63, 3.8) is 0 Å². The highest BCUT2D eigenvalue weighted by molar-refractivity contribution is 6.33. The molecule has 0 bridgehead atoms. The fraction of sp³-hybridized carbons (Fsp3) is 0.125. The Hall–Kier alpha value is -2.53. The number of hydrazone groups is 1. The van der Waals surface area contributed by atoms with Crippen LogP contribution in [0.3, 0.4) is 0 Å². The largest absolute Gasteiger partial charge is 0.398 e. The molecule has 0 fully saturated rings. The molecule has 0 unspecified atom stereocenters. The predicted molar refractivity (Wildman–Crippen MR) is 91.7 cm³/mol. The first-order valence-corrected chi connectivity index (χ1v) is 7.01.